The van der Waals surface area contributed by atoms with Crippen molar-refractivity contribution in [2.45, 2.75) is 62.1 Å². The third-order valence-electron chi connectivity index (χ3n) is 7.56. The molecule has 0 aromatic carbocycles. The molecule has 0 saturated carbocycles. The predicted molar refractivity (Wildman–Crippen MR) is 123 cm³/mol. The summed E-state index contributed by atoms with van der Waals surface area (Å²) in [7, 11) is 0. The summed E-state index contributed by atoms with van der Waals surface area (Å²) < 4.78 is 4.55. The number of carbonyl (C=O) groups is 3. The maximum Gasteiger partial charge on any atom is 0.311 e. The summed E-state index contributed by atoms with van der Waals surface area (Å²) >= 11 is 1.55. The number of carbonyl (C=O) groups excluding carboxylic acids is 3. The number of hydrogen-bond donors (Lipinski definition) is 1. The number of cyclic esters (lactones) is 1. The van der Waals surface area contributed by atoms with E-state index in [2.05, 4.69) is 6.92 Å². The Morgan fingerprint density at radius 1 is 1.25 bits per heavy atom. The van der Waals surface area contributed by atoms with Gasteiger partial charge < -0.3 is 19.6 Å². The number of likely N-dealkylation sites (tertiary alicyclic amines) is 1. The van der Waals surface area contributed by atoms with Gasteiger partial charge in [-0.15, -0.1) is 11.8 Å². The van der Waals surface area contributed by atoms with Crippen molar-refractivity contribution in [3.05, 3.63) is 24.3 Å². The Bertz CT molecular complexity index is 829. The summed E-state index contributed by atoms with van der Waals surface area (Å²) in [4.78, 5) is 44.4. The summed E-state index contributed by atoms with van der Waals surface area (Å²) in [5.74, 6) is -1.96. The molecule has 8 heteroatoms. The van der Waals surface area contributed by atoms with Crippen LogP contribution >= 0.6 is 11.8 Å². The van der Waals surface area contributed by atoms with E-state index in [4.69, 9.17) is 4.74 Å². The zero-order chi connectivity index (χ0) is 23.0. The second-order valence-corrected chi connectivity index (χ2v) is 10.8. The first-order valence-corrected chi connectivity index (χ1v) is 12.7. The zero-order valence-corrected chi connectivity index (χ0v) is 19.9. The standard InChI is InChI=1S/C24H34N2O5S/c1-4-6-11-25-12-8-10-24-19(18-17(32-24)9-7-13-31-23(18)30)21(28)26(20(24)22(25)29)16(14-27)15(3)5-2/h7-10,15-20,27H,4-6,11-14H2,1-3H3/t15-,16-,17+,18-,19-,20?,24-/m0/s1. The van der Waals surface area contributed by atoms with Crippen molar-refractivity contribution in [3.8, 4) is 0 Å². The fourth-order valence-corrected chi connectivity index (χ4v) is 7.66. The van der Waals surface area contributed by atoms with Gasteiger partial charge in [-0.3, -0.25) is 14.4 Å². The quantitative estimate of drug-likeness (QED) is 0.460. The molecule has 0 bridgehead atoms. The van der Waals surface area contributed by atoms with Gasteiger partial charge in [-0.1, -0.05) is 57.9 Å². The van der Waals surface area contributed by atoms with Crippen LogP contribution in [-0.4, -0.2) is 81.1 Å². The number of hydrogen-bond acceptors (Lipinski definition) is 6. The van der Waals surface area contributed by atoms with E-state index in [1.54, 1.807) is 16.7 Å². The summed E-state index contributed by atoms with van der Waals surface area (Å²) in [6.07, 6.45) is 10.4. The highest BCUT2D eigenvalue weighted by atomic mass is 32.2. The highest BCUT2D eigenvalue weighted by molar-refractivity contribution is 8.02. The maximum atomic E-state index is 14.0. The molecule has 2 amide bonds. The number of aliphatic hydroxyl groups excluding tert-OH is 1. The molecule has 2 fully saturated rings. The molecule has 0 aromatic rings. The van der Waals surface area contributed by atoms with Gasteiger partial charge in [0.15, 0.2) is 0 Å². The van der Waals surface area contributed by atoms with Crippen LogP contribution in [0.5, 0.6) is 0 Å². The Morgan fingerprint density at radius 2 is 2.03 bits per heavy atom. The van der Waals surface area contributed by atoms with Gasteiger partial charge in [0.1, 0.15) is 12.6 Å². The number of ether oxygens (including phenoxy) is 1. The second-order valence-electron chi connectivity index (χ2n) is 9.32. The van der Waals surface area contributed by atoms with E-state index in [0.29, 0.717) is 13.1 Å². The molecule has 4 aliphatic rings. The fourth-order valence-electron chi connectivity index (χ4n) is 5.68. The molecule has 1 N–H and O–H groups in total. The Labute approximate surface area is 194 Å². The lowest BCUT2D eigenvalue weighted by Gasteiger charge is -2.40. The fraction of sp³-hybridized carbons (Fsp3) is 0.708. The Morgan fingerprint density at radius 3 is 2.72 bits per heavy atom. The van der Waals surface area contributed by atoms with Gasteiger partial charge in [0.05, 0.1) is 29.2 Å². The van der Waals surface area contributed by atoms with Crippen molar-refractivity contribution < 1.29 is 24.2 Å². The van der Waals surface area contributed by atoms with E-state index in [-0.39, 0.29) is 42.2 Å². The van der Waals surface area contributed by atoms with Crippen molar-refractivity contribution in [1.29, 1.82) is 0 Å². The Kier molecular flexibility index (Phi) is 6.73. The van der Waals surface area contributed by atoms with E-state index in [1.165, 1.54) is 0 Å². The third kappa shape index (κ3) is 3.50. The molecule has 0 radical (unpaired) electrons. The molecular formula is C24H34N2O5S. The minimum absolute atomic E-state index is 0.0192. The van der Waals surface area contributed by atoms with Crippen LogP contribution in [0.4, 0.5) is 0 Å². The third-order valence-corrected chi connectivity index (χ3v) is 9.31. The molecule has 32 heavy (non-hydrogen) atoms. The van der Waals surface area contributed by atoms with Gasteiger partial charge in [0.25, 0.3) is 0 Å². The molecule has 176 valence electrons. The number of rotatable bonds is 7. The van der Waals surface area contributed by atoms with E-state index >= 15 is 0 Å². The van der Waals surface area contributed by atoms with Crippen LogP contribution in [0.15, 0.2) is 24.3 Å². The maximum absolute atomic E-state index is 14.0. The smallest absolute Gasteiger partial charge is 0.311 e. The first-order valence-electron chi connectivity index (χ1n) is 11.8. The zero-order valence-electron chi connectivity index (χ0n) is 19.1. The van der Waals surface area contributed by atoms with Crippen LogP contribution in [0, 0.1) is 17.8 Å². The van der Waals surface area contributed by atoms with Crippen LogP contribution in [-0.2, 0) is 19.1 Å². The van der Waals surface area contributed by atoms with Crippen LogP contribution in [0.3, 0.4) is 0 Å². The normalized spacial score (nSPS) is 35.7. The van der Waals surface area contributed by atoms with Crippen LogP contribution in [0.25, 0.3) is 0 Å². The van der Waals surface area contributed by atoms with Crippen molar-refractivity contribution in [3.63, 3.8) is 0 Å². The molecular weight excluding hydrogens is 428 g/mol. The molecule has 7 nitrogen and oxygen atoms in total. The average molecular weight is 463 g/mol. The highest BCUT2D eigenvalue weighted by Crippen LogP contribution is 2.61. The van der Waals surface area contributed by atoms with Crippen LogP contribution in [0.2, 0.25) is 0 Å². The summed E-state index contributed by atoms with van der Waals surface area (Å²) in [6.45, 7) is 7.23. The number of thioether (sulfide) groups is 1. The lowest BCUT2D eigenvalue weighted by atomic mass is 9.78. The van der Waals surface area contributed by atoms with Crippen molar-refractivity contribution in [2.24, 2.45) is 17.8 Å². The number of unbranched alkanes of at least 4 members (excludes halogenated alkanes) is 1. The topological polar surface area (TPSA) is 87.2 Å². The largest absolute Gasteiger partial charge is 0.461 e. The van der Waals surface area contributed by atoms with Gasteiger partial charge in [-0.05, 0) is 12.3 Å². The number of amides is 2. The van der Waals surface area contributed by atoms with Crippen LogP contribution < -0.4 is 0 Å². The Balaban J connectivity index is 1.84. The second kappa shape index (κ2) is 9.21. The highest BCUT2D eigenvalue weighted by Gasteiger charge is 2.72. The Hall–Kier alpha value is -1.80. The first-order chi connectivity index (χ1) is 15.4. The monoisotopic (exact) mass is 462 g/mol. The summed E-state index contributed by atoms with van der Waals surface area (Å²) in [5.41, 5.74) is 0. The number of nitrogens with zero attached hydrogens (tertiary/aromatic N) is 2. The van der Waals surface area contributed by atoms with Crippen molar-refractivity contribution in [1.82, 2.24) is 9.80 Å². The average Bonchev–Trinajstić information content (AvgIpc) is 3.09. The molecule has 4 rings (SSSR count). The molecule has 0 aromatic heterocycles. The predicted octanol–water partition coefficient (Wildman–Crippen LogP) is 2.00. The van der Waals surface area contributed by atoms with Gasteiger partial charge in [0, 0.05) is 18.3 Å². The first kappa shape index (κ1) is 23.4. The number of esters is 1. The van der Waals surface area contributed by atoms with Gasteiger partial charge in [0.2, 0.25) is 11.8 Å². The molecule has 4 aliphatic heterocycles. The lowest BCUT2D eigenvalue weighted by molar-refractivity contribution is -0.152. The van der Waals surface area contributed by atoms with Gasteiger partial charge >= 0.3 is 5.97 Å². The summed E-state index contributed by atoms with van der Waals surface area (Å²) in [5, 5.41) is 10.1. The molecule has 1 spiro atoms. The molecule has 4 heterocycles. The van der Waals surface area contributed by atoms with Crippen molar-refractivity contribution >= 4 is 29.5 Å². The molecule has 7 atom stereocenters. The van der Waals surface area contributed by atoms with E-state index in [0.717, 1.165) is 19.3 Å². The molecule has 2 saturated heterocycles. The summed E-state index contributed by atoms with van der Waals surface area (Å²) in [6, 6.07) is -1.21. The van der Waals surface area contributed by atoms with Crippen molar-refractivity contribution in [2.75, 3.05) is 26.3 Å². The number of fused-ring (bicyclic) bond motifs is 2. The SMILES string of the molecule is CCCCN1CC=C[C@]23S[C@@H]4C=CCOC(=O)[C@@H]4[C@H]2C(=O)N([C@@H](CO)[C@@H](C)CC)C3C1=O. The lowest BCUT2D eigenvalue weighted by Crippen LogP contribution is -2.57. The molecule has 1 unspecified atom stereocenters. The van der Waals surface area contributed by atoms with Gasteiger partial charge in [-0.2, -0.15) is 0 Å². The van der Waals surface area contributed by atoms with E-state index in [1.807, 2.05) is 43.1 Å². The number of aliphatic hydroxyl groups is 1. The minimum Gasteiger partial charge on any atom is -0.461 e. The van der Waals surface area contributed by atoms with E-state index < -0.39 is 28.7 Å². The minimum atomic E-state index is -0.841. The van der Waals surface area contributed by atoms with E-state index in [9.17, 15) is 19.5 Å². The van der Waals surface area contributed by atoms with Gasteiger partial charge in [-0.25, -0.2) is 0 Å². The molecule has 0 aliphatic carbocycles. The van der Waals surface area contributed by atoms with Crippen LogP contribution in [0.1, 0.15) is 40.0 Å².